The van der Waals surface area contributed by atoms with Gasteiger partial charge in [0.25, 0.3) is 0 Å². The van der Waals surface area contributed by atoms with E-state index >= 15 is 0 Å². The van der Waals surface area contributed by atoms with Crippen LogP contribution in [0.15, 0.2) is 6.33 Å². The highest BCUT2D eigenvalue weighted by molar-refractivity contribution is 6.38. The van der Waals surface area contributed by atoms with Crippen LogP contribution in [0.25, 0.3) is 11.0 Å². The van der Waals surface area contributed by atoms with Gasteiger partial charge in [-0.25, -0.2) is 9.97 Å². The molecule has 0 amide bonds. The number of nitrogens with two attached hydrogens (primary N) is 1. The van der Waals surface area contributed by atoms with E-state index in [0.29, 0.717) is 16.7 Å². The van der Waals surface area contributed by atoms with Crippen LogP contribution in [-0.2, 0) is 7.05 Å². The molecule has 0 radical (unpaired) electrons. The number of pyridine rings is 1. The molecule has 0 saturated carbocycles. The van der Waals surface area contributed by atoms with Crippen molar-refractivity contribution in [3.05, 3.63) is 16.6 Å². The molecule has 2 rings (SSSR count). The average molecular weight is 217 g/mol. The van der Waals surface area contributed by atoms with Crippen LogP contribution >= 0.6 is 23.2 Å². The van der Waals surface area contributed by atoms with Crippen molar-refractivity contribution in [2.45, 2.75) is 0 Å². The summed E-state index contributed by atoms with van der Waals surface area (Å²) in [6, 6.07) is 0. The summed E-state index contributed by atoms with van der Waals surface area (Å²) < 4.78 is 1.75. The highest BCUT2D eigenvalue weighted by Gasteiger charge is 2.12. The molecule has 0 aliphatic rings. The molecule has 6 heteroatoms. The van der Waals surface area contributed by atoms with Crippen LogP contribution in [0.4, 0.5) is 5.69 Å². The van der Waals surface area contributed by atoms with Gasteiger partial charge in [-0.3, -0.25) is 0 Å². The molecular formula is C7H6Cl2N4. The fraction of sp³-hybridized carbons (Fsp3) is 0.143. The summed E-state index contributed by atoms with van der Waals surface area (Å²) >= 11 is 11.6. The minimum atomic E-state index is 0.209. The van der Waals surface area contributed by atoms with Crippen molar-refractivity contribution in [3.8, 4) is 0 Å². The molecule has 2 aromatic heterocycles. The molecule has 0 atom stereocenters. The topological polar surface area (TPSA) is 56.7 Å². The number of imidazole rings is 1. The summed E-state index contributed by atoms with van der Waals surface area (Å²) in [7, 11) is 1.82. The number of halogens is 2. The number of nitrogens with zero attached hydrogens (tertiary/aromatic N) is 3. The third-order valence-corrected chi connectivity index (χ3v) is 2.36. The van der Waals surface area contributed by atoms with Crippen molar-refractivity contribution in [1.29, 1.82) is 0 Å². The first-order valence-electron chi connectivity index (χ1n) is 3.52. The predicted octanol–water partition coefficient (Wildman–Crippen LogP) is 1.86. The Morgan fingerprint density at radius 3 is 2.77 bits per heavy atom. The zero-order valence-corrected chi connectivity index (χ0v) is 8.26. The van der Waals surface area contributed by atoms with Gasteiger partial charge in [0.15, 0.2) is 10.3 Å². The lowest BCUT2D eigenvalue weighted by Gasteiger charge is -2.02. The fourth-order valence-electron chi connectivity index (χ4n) is 1.20. The quantitative estimate of drug-likeness (QED) is 0.685. The Hall–Kier alpha value is -1.00. The van der Waals surface area contributed by atoms with E-state index in [4.69, 9.17) is 28.9 Å². The molecule has 0 saturated heterocycles. The Morgan fingerprint density at radius 1 is 1.38 bits per heavy atom. The largest absolute Gasteiger partial charge is 0.394 e. The van der Waals surface area contributed by atoms with Crippen LogP contribution in [0, 0.1) is 0 Å². The van der Waals surface area contributed by atoms with E-state index < -0.39 is 0 Å². The van der Waals surface area contributed by atoms with Crippen molar-refractivity contribution in [2.75, 3.05) is 5.73 Å². The molecular weight excluding hydrogens is 211 g/mol. The molecule has 68 valence electrons. The van der Waals surface area contributed by atoms with Gasteiger partial charge in [0.1, 0.15) is 5.52 Å². The Morgan fingerprint density at radius 2 is 2.08 bits per heavy atom. The van der Waals surface area contributed by atoms with E-state index in [0.717, 1.165) is 0 Å². The first kappa shape index (κ1) is 8.59. The Labute approximate surface area is 84.3 Å². The van der Waals surface area contributed by atoms with Gasteiger partial charge >= 0.3 is 0 Å². The van der Waals surface area contributed by atoms with Gasteiger partial charge in [-0.15, -0.1) is 0 Å². The van der Waals surface area contributed by atoms with E-state index in [2.05, 4.69) is 9.97 Å². The molecule has 2 aromatic rings. The molecule has 0 aromatic carbocycles. The number of rotatable bonds is 0. The third-order valence-electron chi connectivity index (χ3n) is 1.81. The smallest absolute Gasteiger partial charge is 0.158 e. The molecule has 0 aliphatic carbocycles. The maximum Gasteiger partial charge on any atom is 0.158 e. The van der Waals surface area contributed by atoms with E-state index in [1.807, 2.05) is 7.05 Å². The van der Waals surface area contributed by atoms with Crippen molar-refractivity contribution in [2.24, 2.45) is 7.05 Å². The zero-order valence-electron chi connectivity index (χ0n) is 6.75. The number of hydrogen-bond acceptors (Lipinski definition) is 3. The second-order valence-electron chi connectivity index (χ2n) is 2.66. The molecule has 0 aliphatic heterocycles. The van der Waals surface area contributed by atoms with Gasteiger partial charge in [0, 0.05) is 7.05 Å². The zero-order chi connectivity index (χ0) is 9.59. The maximum atomic E-state index is 5.82. The van der Waals surface area contributed by atoms with Gasteiger partial charge in [0.2, 0.25) is 0 Å². The minimum Gasteiger partial charge on any atom is -0.394 e. The van der Waals surface area contributed by atoms with E-state index in [1.54, 1.807) is 10.9 Å². The van der Waals surface area contributed by atoms with Gasteiger partial charge in [-0.05, 0) is 0 Å². The number of anilines is 1. The summed E-state index contributed by atoms with van der Waals surface area (Å²) in [6.07, 6.45) is 1.62. The lowest BCUT2D eigenvalue weighted by Crippen LogP contribution is -1.95. The first-order chi connectivity index (χ1) is 6.11. The third kappa shape index (κ3) is 1.14. The standard InChI is InChI=1S/C7H6Cl2N4/c1-13-2-11-4-5(13)3(10)6(8)12-7(4)9/h2H,10H2,1H3. The molecule has 0 fully saturated rings. The number of fused-ring (bicyclic) bond motifs is 1. The fourth-order valence-corrected chi connectivity index (χ4v) is 1.64. The summed E-state index contributed by atoms with van der Waals surface area (Å²) in [5, 5.41) is 0.482. The maximum absolute atomic E-state index is 5.82. The highest BCUT2D eigenvalue weighted by atomic mass is 35.5. The second-order valence-corrected chi connectivity index (χ2v) is 3.38. The van der Waals surface area contributed by atoms with E-state index in [-0.39, 0.29) is 10.3 Å². The Bertz CT molecular complexity index is 477. The van der Waals surface area contributed by atoms with Gasteiger partial charge in [0.05, 0.1) is 17.5 Å². The summed E-state index contributed by atoms with van der Waals surface area (Å²) in [4.78, 5) is 7.89. The number of nitrogen functional groups attached to an aromatic ring is 1. The monoisotopic (exact) mass is 216 g/mol. The highest BCUT2D eigenvalue weighted by Crippen LogP contribution is 2.29. The lowest BCUT2D eigenvalue weighted by molar-refractivity contribution is 0.948. The van der Waals surface area contributed by atoms with Crippen LogP contribution in [0.2, 0.25) is 10.3 Å². The van der Waals surface area contributed by atoms with Crippen LogP contribution in [0.1, 0.15) is 0 Å². The van der Waals surface area contributed by atoms with Gasteiger partial charge < -0.3 is 10.3 Å². The number of aromatic nitrogens is 3. The van der Waals surface area contributed by atoms with Crippen LogP contribution < -0.4 is 5.73 Å². The molecule has 0 unspecified atom stereocenters. The normalized spacial score (nSPS) is 11.0. The van der Waals surface area contributed by atoms with Crippen molar-refractivity contribution in [1.82, 2.24) is 14.5 Å². The van der Waals surface area contributed by atoms with E-state index in [1.165, 1.54) is 0 Å². The van der Waals surface area contributed by atoms with Crippen LogP contribution in [0.5, 0.6) is 0 Å². The number of aryl methyl sites for hydroxylation is 1. The van der Waals surface area contributed by atoms with Gasteiger partial charge in [-0.1, -0.05) is 23.2 Å². The molecule has 2 N–H and O–H groups in total. The van der Waals surface area contributed by atoms with Crippen LogP contribution in [-0.4, -0.2) is 14.5 Å². The van der Waals surface area contributed by atoms with Gasteiger partial charge in [-0.2, -0.15) is 0 Å². The number of hydrogen-bond donors (Lipinski definition) is 1. The lowest BCUT2D eigenvalue weighted by atomic mass is 10.3. The van der Waals surface area contributed by atoms with Crippen molar-refractivity contribution in [3.63, 3.8) is 0 Å². The van der Waals surface area contributed by atoms with E-state index in [9.17, 15) is 0 Å². The molecule has 4 nitrogen and oxygen atoms in total. The summed E-state index contributed by atoms with van der Waals surface area (Å²) in [6.45, 7) is 0. The second kappa shape index (κ2) is 2.75. The average Bonchev–Trinajstić information content (AvgIpc) is 2.44. The predicted molar refractivity (Wildman–Crippen MR) is 52.9 cm³/mol. The molecule has 0 spiro atoms. The minimum absolute atomic E-state index is 0.209. The first-order valence-corrected chi connectivity index (χ1v) is 4.28. The van der Waals surface area contributed by atoms with Crippen molar-refractivity contribution < 1.29 is 0 Å². The van der Waals surface area contributed by atoms with Crippen LogP contribution in [0.3, 0.4) is 0 Å². The summed E-state index contributed by atoms with van der Waals surface area (Å²) in [5.74, 6) is 0. The molecule has 0 bridgehead atoms. The molecule has 2 heterocycles. The SMILES string of the molecule is Cn1cnc2c(Cl)nc(Cl)c(N)c21. The Kier molecular flexibility index (Phi) is 1.82. The Balaban J connectivity index is 3.00. The molecule has 13 heavy (non-hydrogen) atoms. The summed E-state index contributed by atoms with van der Waals surface area (Å²) in [5.41, 5.74) is 7.41. The van der Waals surface area contributed by atoms with Crippen molar-refractivity contribution >= 4 is 39.9 Å².